The van der Waals surface area contributed by atoms with Crippen LogP contribution in [0.5, 0.6) is 0 Å². The summed E-state index contributed by atoms with van der Waals surface area (Å²) in [6.07, 6.45) is 0. The van der Waals surface area contributed by atoms with Crippen LogP contribution in [0.4, 0.5) is 5.69 Å². The van der Waals surface area contributed by atoms with E-state index < -0.39 is 0 Å². The van der Waals surface area contributed by atoms with Crippen molar-refractivity contribution in [2.45, 2.75) is 6.92 Å². The van der Waals surface area contributed by atoms with Crippen LogP contribution >= 0.6 is 39.1 Å². The number of amides is 1. The molecule has 0 heterocycles. The smallest absolute Gasteiger partial charge is 0.257 e. The van der Waals surface area contributed by atoms with Crippen LogP contribution in [-0.2, 0) is 0 Å². The van der Waals surface area contributed by atoms with Gasteiger partial charge in [-0.25, -0.2) is 0 Å². The Morgan fingerprint density at radius 3 is 2.63 bits per heavy atom. The van der Waals surface area contributed by atoms with Crippen molar-refractivity contribution in [2.24, 2.45) is 0 Å². The molecule has 2 aromatic carbocycles. The quantitative estimate of drug-likeness (QED) is 0.773. The molecule has 0 aliphatic carbocycles. The van der Waals surface area contributed by atoms with E-state index in [1.54, 1.807) is 36.4 Å². The molecule has 5 heteroatoms. The number of halogens is 3. The lowest BCUT2D eigenvalue weighted by Crippen LogP contribution is -2.13. The van der Waals surface area contributed by atoms with Crippen LogP contribution in [0.1, 0.15) is 15.9 Å². The van der Waals surface area contributed by atoms with Gasteiger partial charge in [-0.15, -0.1) is 0 Å². The van der Waals surface area contributed by atoms with Crippen LogP contribution in [-0.4, -0.2) is 5.91 Å². The first kappa shape index (κ1) is 14.4. The Hall–Kier alpha value is -1.03. The Morgan fingerprint density at radius 2 is 1.95 bits per heavy atom. The zero-order chi connectivity index (χ0) is 14.0. The van der Waals surface area contributed by atoms with Gasteiger partial charge in [0, 0.05) is 15.2 Å². The standard InChI is InChI=1S/C14H10BrCl2NO/c1-8-7-9(16)5-6-12(8)18-14(19)10-3-2-4-11(15)13(10)17/h2-7H,1H3,(H,18,19). The predicted molar refractivity (Wildman–Crippen MR) is 83.3 cm³/mol. The summed E-state index contributed by atoms with van der Waals surface area (Å²) in [5.41, 5.74) is 2.03. The van der Waals surface area contributed by atoms with Gasteiger partial charge in [-0.05, 0) is 58.7 Å². The van der Waals surface area contributed by atoms with Crippen LogP contribution in [0.25, 0.3) is 0 Å². The molecular formula is C14H10BrCl2NO. The summed E-state index contributed by atoms with van der Waals surface area (Å²) in [6, 6.07) is 10.5. The number of rotatable bonds is 2. The number of hydrogen-bond donors (Lipinski definition) is 1. The summed E-state index contributed by atoms with van der Waals surface area (Å²) in [5.74, 6) is -0.253. The summed E-state index contributed by atoms with van der Waals surface area (Å²) in [6.45, 7) is 1.88. The fraction of sp³-hybridized carbons (Fsp3) is 0.0714. The highest BCUT2D eigenvalue weighted by atomic mass is 79.9. The monoisotopic (exact) mass is 357 g/mol. The minimum Gasteiger partial charge on any atom is -0.322 e. The zero-order valence-corrected chi connectivity index (χ0v) is 13.1. The minimum atomic E-state index is -0.253. The topological polar surface area (TPSA) is 29.1 Å². The van der Waals surface area contributed by atoms with Crippen LogP contribution in [0.15, 0.2) is 40.9 Å². The molecule has 2 rings (SSSR count). The van der Waals surface area contributed by atoms with Crippen molar-refractivity contribution in [3.05, 3.63) is 62.0 Å². The summed E-state index contributed by atoms with van der Waals surface area (Å²) in [4.78, 5) is 12.2. The van der Waals surface area contributed by atoms with E-state index in [2.05, 4.69) is 21.2 Å². The molecule has 1 amide bonds. The number of aryl methyl sites for hydroxylation is 1. The van der Waals surface area contributed by atoms with Crippen LogP contribution in [0.3, 0.4) is 0 Å². The minimum absolute atomic E-state index is 0.253. The maximum absolute atomic E-state index is 12.2. The fourth-order valence-corrected chi connectivity index (χ4v) is 2.44. The second-order valence-electron chi connectivity index (χ2n) is 4.01. The van der Waals surface area contributed by atoms with Gasteiger partial charge in [0.25, 0.3) is 5.91 Å². The first-order valence-corrected chi connectivity index (χ1v) is 7.05. The molecule has 0 aliphatic heterocycles. The van der Waals surface area contributed by atoms with Crippen LogP contribution in [0, 0.1) is 6.92 Å². The maximum Gasteiger partial charge on any atom is 0.257 e. The van der Waals surface area contributed by atoms with Gasteiger partial charge in [0.15, 0.2) is 0 Å². The lowest BCUT2D eigenvalue weighted by atomic mass is 10.1. The lowest BCUT2D eigenvalue weighted by Gasteiger charge is -2.10. The third-order valence-electron chi connectivity index (χ3n) is 2.63. The van der Waals surface area contributed by atoms with E-state index in [1.807, 2.05) is 6.92 Å². The summed E-state index contributed by atoms with van der Waals surface area (Å²) >= 11 is 15.3. The number of carbonyl (C=O) groups is 1. The molecule has 98 valence electrons. The third-order valence-corrected chi connectivity index (χ3v) is 4.16. The number of nitrogens with one attached hydrogen (secondary N) is 1. The first-order chi connectivity index (χ1) is 8.99. The molecule has 0 unspecified atom stereocenters. The largest absolute Gasteiger partial charge is 0.322 e. The molecule has 2 aromatic rings. The number of hydrogen-bond acceptors (Lipinski definition) is 1. The molecule has 0 fully saturated rings. The highest BCUT2D eigenvalue weighted by Gasteiger charge is 2.13. The Kier molecular flexibility index (Phi) is 4.50. The molecule has 0 bridgehead atoms. The molecule has 0 aromatic heterocycles. The van der Waals surface area contributed by atoms with E-state index in [1.165, 1.54) is 0 Å². The zero-order valence-electron chi connectivity index (χ0n) is 10.0. The van der Waals surface area contributed by atoms with Crippen molar-refractivity contribution in [1.82, 2.24) is 0 Å². The van der Waals surface area contributed by atoms with Gasteiger partial charge in [0.2, 0.25) is 0 Å². The molecule has 2 nitrogen and oxygen atoms in total. The van der Waals surface area contributed by atoms with Crippen molar-refractivity contribution in [2.75, 3.05) is 5.32 Å². The first-order valence-electron chi connectivity index (χ1n) is 5.50. The van der Waals surface area contributed by atoms with Gasteiger partial charge in [-0.2, -0.15) is 0 Å². The van der Waals surface area contributed by atoms with E-state index in [-0.39, 0.29) is 5.91 Å². The molecule has 0 spiro atoms. The Morgan fingerprint density at radius 1 is 1.21 bits per heavy atom. The molecule has 0 saturated carbocycles. The van der Waals surface area contributed by atoms with Crippen molar-refractivity contribution < 1.29 is 4.79 Å². The highest BCUT2D eigenvalue weighted by Crippen LogP contribution is 2.27. The Bertz CT molecular complexity index is 643. The van der Waals surface area contributed by atoms with Gasteiger partial charge in [0.1, 0.15) is 0 Å². The van der Waals surface area contributed by atoms with Crippen LogP contribution in [0.2, 0.25) is 10.0 Å². The maximum atomic E-state index is 12.2. The van der Waals surface area contributed by atoms with E-state index >= 15 is 0 Å². The van der Waals surface area contributed by atoms with E-state index in [9.17, 15) is 4.79 Å². The molecule has 0 saturated heterocycles. The van der Waals surface area contributed by atoms with E-state index in [0.29, 0.717) is 25.8 Å². The average molecular weight is 359 g/mol. The normalized spacial score (nSPS) is 10.3. The van der Waals surface area contributed by atoms with Gasteiger partial charge < -0.3 is 5.32 Å². The lowest BCUT2D eigenvalue weighted by molar-refractivity contribution is 0.102. The predicted octanol–water partition coefficient (Wildman–Crippen LogP) is 5.32. The SMILES string of the molecule is Cc1cc(Cl)ccc1NC(=O)c1cccc(Br)c1Cl. The van der Waals surface area contributed by atoms with Crippen molar-refractivity contribution in [1.29, 1.82) is 0 Å². The van der Waals surface area contributed by atoms with E-state index in [0.717, 1.165) is 5.56 Å². The Labute approximate surface area is 129 Å². The van der Waals surface area contributed by atoms with Crippen molar-refractivity contribution in [3.8, 4) is 0 Å². The van der Waals surface area contributed by atoms with Crippen LogP contribution < -0.4 is 5.32 Å². The molecule has 19 heavy (non-hydrogen) atoms. The molecule has 1 N–H and O–H groups in total. The van der Waals surface area contributed by atoms with Crippen molar-refractivity contribution >= 4 is 50.7 Å². The second-order valence-corrected chi connectivity index (χ2v) is 5.68. The molecular weight excluding hydrogens is 349 g/mol. The Balaban J connectivity index is 2.28. The fourth-order valence-electron chi connectivity index (χ4n) is 1.64. The number of carbonyl (C=O) groups excluding carboxylic acids is 1. The second kappa shape index (κ2) is 5.95. The van der Waals surface area contributed by atoms with Crippen molar-refractivity contribution in [3.63, 3.8) is 0 Å². The molecule has 0 aliphatic rings. The van der Waals surface area contributed by atoms with Gasteiger partial charge >= 0.3 is 0 Å². The average Bonchev–Trinajstić information content (AvgIpc) is 2.36. The highest BCUT2D eigenvalue weighted by molar-refractivity contribution is 9.10. The summed E-state index contributed by atoms with van der Waals surface area (Å²) < 4.78 is 0.689. The summed E-state index contributed by atoms with van der Waals surface area (Å²) in [7, 11) is 0. The summed E-state index contributed by atoms with van der Waals surface area (Å²) in [5, 5.41) is 3.85. The number of benzene rings is 2. The van der Waals surface area contributed by atoms with Gasteiger partial charge in [-0.1, -0.05) is 29.3 Å². The molecule has 0 radical (unpaired) electrons. The van der Waals surface area contributed by atoms with Gasteiger partial charge in [0.05, 0.1) is 10.6 Å². The van der Waals surface area contributed by atoms with E-state index in [4.69, 9.17) is 23.2 Å². The third kappa shape index (κ3) is 3.30. The molecule has 0 atom stereocenters. The van der Waals surface area contributed by atoms with Gasteiger partial charge in [-0.3, -0.25) is 4.79 Å². The number of anilines is 1.